The first-order chi connectivity index (χ1) is 8.15. The van der Waals surface area contributed by atoms with Gasteiger partial charge in [0.2, 0.25) is 0 Å². The minimum Gasteiger partial charge on any atom is -0.356 e. The maximum absolute atomic E-state index is 13.5. The molecule has 2 N–H and O–H groups in total. The molecule has 1 unspecified atom stereocenters. The normalized spacial score (nSPS) is 18.8. The lowest BCUT2D eigenvalue weighted by molar-refractivity contribution is 0.606. The molecule has 0 amide bonds. The zero-order valence-electron chi connectivity index (χ0n) is 10.3. The number of nitrogens with one attached hydrogen (secondary N) is 2. The standard InChI is InChI=1S/C13H18FN3/c1-9-3-4-12(14)11(7-9)5-6-15-13-16-8-10(2)17-13/h3-4,7,10H,5-6,8H2,1-2H3,(H2,15,16,17). The van der Waals surface area contributed by atoms with Gasteiger partial charge in [-0.25, -0.2) is 4.39 Å². The summed E-state index contributed by atoms with van der Waals surface area (Å²) in [6.45, 7) is 5.55. The molecule has 1 aromatic rings. The number of aryl methyl sites for hydroxylation is 1. The third kappa shape index (κ3) is 3.19. The molecule has 1 aromatic carbocycles. The maximum Gasteiger partial charge on any atom is 0.191 e. The monoisotopic (exact) mass is 235 g/mol. The number of benzene rings is 1. The molecule has 1 atom stereocenters. The van der Waals surface area contributed by atoms with Gasteiger partial charge in [0.1, 0.15) is 5.82 Å². The summed E-state index contributed by atoms with van der Waals surface area (Å²) in [5.74, 6) is 0.692. The third-order valence-electron chi connectivity index (χ3n) is 2.79. The van der Waals surface area contributed by atoms with Crippen molar-refractivity contribution in [3.05, 3.63) is 35.1 Å². The van der Waals surface area contributed by atoms with Crippen molar-refractivity contribution in [3.8, 4) is 0 Å². The smallest absolute Gasteiger partial charge is 0.191 e. The molecule has 0 spiro atoms. The van der Waals surface area contributed by atoms with Crippen LogP contribution in [0.2, 0.25) is 0 Å². The Morgan fingerprint density at radius 2 is 2.35 bits per heavy atom. The lowest BCUT2D eigenvalue weighted by Crippen LogP contribution is -2.38. The van der Waals surface area contributed by atoms with E-state index in [0.717, 1.165) is 23.6 Å². The number of hydrogen-bond donors (Lipinski definition) is 2. The van der Waals surface area contributed by atoms with Gasteiger partial charge in [0.25, 0.3) is 0 Å². The molecule has 0 bridgehead atoms. The molecular weight excluding hydrogens is 217 g/mol. The molecule has 0 saturated heterocycles. The quantitative estimate of drug-likeness (QED) is 0.835. The van der Waals surface area contributed by atoms with Gasteiger partial charge in [-0.3, -0.25) is 4.99 Å². The maximum atomic E-state index is 13.5. The summed E-state index contributed by atoms with van der Waals surface area (Å²) in [7, 11) is 0. The molecule has 0 fully saturated rings. The predicted molar refractivity (Wildman–Crippen MR) is 67.7 cm³/mol. The van der Waals surface area contributed by atoms with Crippen LogP contribution in [0.5, 0.6) is 0 Å². The summed E-state index contributed by atoms with van der Waals surface area (Å²) >= 11 is 0. The summed E-state index contributed by atoms with van der Waals surface area (Å²) in [4.78, 5) is 4.29. The van der Waals surface area contributed by atoms with Gasteiger partial charge in [0.05, 0.1) is 6.54 Å². The Balaban J connectivity index is 1.84. The summed E-state index contributed by atoms with van der Waals surface area (Å²) in [6.07, 6.45) is 0.669. The van der Waals surface area contributed by atoms with Crippen LogP contribution in [0.1, 0.15) is 18.1 Å². The predicted octanol–water partition coefficient (Wildman–Crippen LogP) is 1.61. The number of rotatable bonds is 3. The van der Waals surface area contributed by atoms with Gasteiger partial charge < -0.3 is 10.6 Å². The van der Waals surface area contributed by atoms with Gasteiger partial charge in [-0.15, -0.1) is 0 Å². The molecule has 0 aromatic heterocycles. The SMILES string of the molecule is Cc1ccc(F)c(CCNC2=NCC(C)N2)c1. The number of nitrogens with zero attached hydrogens (tertiary/aromatic N) is 1. The van der Waals surface area contributed by atoms with Gasteiger partial charge in [0, 0.05) is 12.6 Å². The van der Waals surface area contributed by atoms with Crippen LogP contribution < -0.4 is 10.6 Å². The number of aliphatic imine (C=N–C) groups is 1. The first kappa shape index (κ1) is 11.9. The summed E-state index contributed by atoms with van der Waals surface area (Å²) < 4.78 is 13.5. The van der Waals surface area contributed by atoms with Gasteiger partial charge in [0.15, 0.2) is 5.96 Å². The van der Waals surface area contributed by atoms with E-state index in [9.17, 15) is 4.39 Å². The highest BCUT2D eigenvalue weighted by atomic mass is 19.1. The fraction of sp³-hybridized carbons (Fsp3) is 0.462. The highest BCUT2D eigenvalue weighted by Crippen LogP contribution is 2.10. The summed E-state index contributed by atoms with van der Waals surface area (Å²) in [6, 6.07) is 5.60. The lowest BCUT2D eigenvalue weighted by atomic mass is 10.1. The van der Waals surface area contributed by atoms with E-state index in [2.05, 4.69) is 22.5 Å². The third-order valence-corrected chi connectivity index (χ3v) is 2.79. The van der Waals surface area contributed by atoms with Crippen molar-refractivity contribution in [1.82, 2.24) is 10.6 Å². The highest BCUT2D eigenvalue weighted by molar-refractivity contribution is 5.81. The van der Waals surface area contributed by atoms with E-state index in [0.29, 0.717) is 19.0 Å². The summed E-state index contributed by atoms with van der Waals surface area (Å²) in [5.41, 5.74) is 1.84. The van der Waals surface area contributed by atoms with Gasteiger partial charge in [-0.1, -0.05) is 17.7 Å². The molecule has 1 heterocycles. The summed E-state index contributed by atoms with van der Waals surface area (Å²) in [5, 5.41) is 6.39. The average molecular weight is 235 g/mol. The lowest BCUT2D eigenvalue weighted by Gasteiger charge is -2.09. The highest BCUT2D eigenvalue weighted by Gasteiger charge is 2.11. The van der Waals surface area contributed by atoms with Crippen molar-refractivity contribution in [2.75, 3.05) is 13.1 Å². The van der Waals surface area contributed by atoms with Crippen LogP contribution in [0.15, 0.2) is 23.2 Å². The minimum atomic E-state index is -0.132. The van der Waals surface area contributed by atoms with Crippen molar-refractivity contribution < 1.29 is 4.39 Å². The van der Waals surface area contributed by atoms with Crippen LogP contribution in [0.25, 0.3) is 0 Å². The molecule has 92 valence electrons. The Labute approximate surface area is 101 Å². The first-order valence-corrected chi connectivity index (χ1v) is 5.95. The first-order valence-electron chi connectivity index (χ1n) is 5.95. The van der Waals surface area contributed by atoms with Crippen LogP contribution in [-0.2, 0) is 6.42 Å². The van der Waals surface area contributed by atoms with Crippen LogP contribution >= 0.6 is 0 Å². The van der Waals surface area contributed by atoms with E-state index in [1.54, 1.807) is 6.07 Å². The fourth-order valence-corrected chi connectivity index (χ4v) is 1.87. The molecule has 17 heavy (non-hydrogen) atoms. The Kier molecular flexibility index (Phi) is 3.61. The molecule has 0 radical (unpaired) electrons. The molecule has 4 heteroatoms. The largest absolute Gasteiger partial charge is 0.356 e. The van der Waals surface area contributed by atoms with Crippen LogP contribution in [-0.4, -0.2) is 25.1 Å². The second kappa shape index (κ2) is 5.17. The average Bonchev–Trinajstić information content (AvgIpc) is 2.69. The molecular formula is C13H18FN3. The molecule has 1 aliphatic rings. The van der Waals surface area contributed by atoms with E-state index in [1.807, 2.05) is 13.0 Å². The Morgan fingerprint density at radius 1 is 1.53 bits per heavy atom. The van der Waals surface area contributed by atoms with E-state index in [-0.39, 0.29) is 5.82 Å². The fourth-order valence-electron chi connectivity index (χ4n) is 1.87. The zero-order chi connectivity index (χ0) is 12.3. The van der Waals surface area contributed by atoms with Crippen LogP contribution in [0.3, 0.4) is 0 Å². The molecule has 1 aliphatic heterocycles. The van der Waals surface area contributed by atoms with Crippen molar-refractivity contribution >= 4 is 5.96 Å². The van der Waals surface area contributed by atoms with Crippen LogP contribution in [0, 0.1) is 12.7 Å². The topological polar surface area (TPSA) is 36.4 Å². The zero-order valence-corrected chi connectivity index (χ0v) is 10.3. The molecule has 3 nitrogen and oxygen atoms in total. The van der Waals surface area contributed by atoms with Gasteiger partial charge >= 0.3 is 0 Å². The van der Waals surface area contributed by atoms with E-state index in [1.165, 1.54) is 6.07 Å². The van der Waals surface area contributed by atoms with Gasteiger partial charge in [-0.05, 0) is 31.9 Å². The van der Waals surface area contributed by atoms with Crippen molar-refractivity contribution in [3.63, 3.8) is 0 Å². The van der Waals surface area contributed by atoms with E-state index >= 15 is 0 Å². The molecule has 0 saturated carbocycles. The number of guanidine groups is 1. The number of halogens is 1. The Hall–Kier alpha value is -1.58. The molecule has 2 rings (SSSR count). The minimum absolute atomic E-state index is 0.132. The second-order valence-corrected chi connectivity index (χ2v) is 4.51. The second-order valence-electron chi connectivity index (χ2n) is 4.51. The van der Waals surface area contributed by atoms with Crippen molar-refractivity contribution in [2.45, 2.75) is 26.3 Å². The van der Waals surface area contributed by atoms with Crippen LogP contribution in [0.4, 0.5) is 4.39 Å². The number of hydrogen-bond acceptors (Lipinski definition) is 3. The van der Waals surface area contributed by atoms with Gasteiger partial charge in [-0.2, -0.15) is 0 Å². The van der Waals surface area contributed by atoms with E-state index in [4.69, 9.17) is 0 Å². The Bertz CT molecular complexity index is 429. The molecule has 0 aliphatic carbocycles. The van der Waals surface area contributed by atoms with Crippen molar-refractivity contribution in [1.29, 1.82) is 0 Å². The Morgan fingerprint density at radius 3 is 3.06 bits per heavy atom. The van der Waals surface area contributed by atoms with E-state index < -0.39 is 0 Å². The van der Waals surface area contributed by atoms with Crippen molar-refractivity contribution in [2.24, 2.45) is 4.99 Å².